The van der Waals surface area contributed by atoms with Gasteiger partial charge in [0.1, 0.15) is 24.1 Å². The van der Waals surface area contributed by atoms with Crippen LogP contribution in [0, 0.1) is 5.82 Å². The minimum atomic E-state index is -0.659. The average molecular weight is 517 g/mol. The maximum absolute atomic E-state index is 15.1. The number of nitrogens with zero attached hydrogens (tertiary/aromatic N) is 3. The molecule has 0 spiro atoms. The molecule has 36 heavy (non-hydrogen) atoms. The molecular weight excluding hydrogens is 491 g/mol. The highest BCUT2D eigenvalue weighted by Crippen LogP contribution is 2.39. The van der Waals surface area contributed by atoms with Crippen molar-refractivity contribution >= 4 is 28.7 Å². The molecule has 5 atom stereocenters. The van der Waals surface area contributed by atoms with Crippen LogP contribution in [0.5, 0.6) is 6.01 Å². The first-order chi connectivity index (χ1) is 17.3. The van der Waals surface area contributed by atoms with Crippen LogP contribution < -0.4 is 4.74 Å². The number of imidazole rings is 1. The molecule has 2 fully saturated rings. The SMILES string of the molecule is CN(C)C(=O)c1cc(F)c2c(c1)CC[C@H]2Cc1nc2nc(O[C@@H]3CO[C@H]4[C@@H]3OC[C@H]4O)[nH]c2cc1Cl. The summed E-state index contributed by atoms with van der Waals surface area (Å²) in [7, 11) is 3.30. The van der Waals surface area contributed by atoms with Crippen LogP contribution in [0.3, 0.4) is 0 Å². The number of aromatic nitrogens is 3. The number of aryl methyl sites for hydroxylation is 1. The van der Waals surface area contributed by atoms with E-state index >= 15 is 4.39 Å². The summed E-state index contributed by atoms with van der Waals surface area (Å²) in [6, 6.07) is 5.12. The quantitative estimate of drug-likeness (QED) is 0.536. The zero-order valence-corrected chi connectivity index (χ0v) is 20.6. The molecule has 1 aromatic carbocycles. The van der Waals surface area contributed by atoms with E-state index in [9.17, 15) is 9.90 Å². The van der Waals surface area contributed by atoms with E-state index in [2.05, 4.69) is 15.0 Å². The van der Waals surface area contributed by atoms with E-state index in [4.69, 9.17) is 25.8 Å². The lowest BCUT2D eigenvalue weighted by Crippen LogP contribution is -2.34. The number of aliphatic hydroxyl groups is 1. The Balaban J connectivity index is 1.22. The third kappa shape index (κ3) is 4.02. The number of hydrogen-bond donors (Lipinski definition) is 2. The molecule has 6 rings (SSSR count). The largest absolute Gasteiger partial charge is 0.456 e. The number of carbonyl (C=O) groups is 1. The van der Waals surface area contributed by atoms with Gasteiger partial charge in [-0.3, -0.25) is 4.79 Å². The molecule has 2 N–H and O–H groups in total. The van der Waals surface area contributed by atoms with Gasteiger partial charge in [0.15, 0.2) is 11.8 Å². The number of benzene rings is 1. The first-order valence-corrected chi connectivity index (χ1v) is 12.3. The van der Waals surface area contributed by atoms with Crippen molar-refractivity contribution in [3.63, 3.8) is 0 Å². The second-order valence-electron chi connectivity index (χ2n) is 9.82. The summed E-state index contributed by atoms with van der Waals surface area (Å²) in [5, 5.41) is 10.4. The maximum Gasteiger partial charge on any atom is 0.296 e. The van der Waals surface area contributed by atoms with Crippen molar-refractivity contribution in [2.75, 3.05) is 27.3 Å². The second kappa shape index (κ2) is 8.95. The van der Waals surface area contributed by atoms with Crippen LogP contribution >= 0.6 is 11.6 Å². The Hall–Kier alpha value is -2.79. The van der Waals surface area contributed by atoms with Gasteiger partial charge >= 0.3 is 0 Å². The molecule has 190 valence electrons. The van der Waals surface area contributed by atoms with E-state index in [1.165, 1.54) is 11.0 Å². The van der Waals surface area contributed by atoms with Crippen LogP contribution in [0.2, 0.25) is 5.02 Å². The third-order valence-corrected chi connectivity index (χ3v) is 7.53. The predicted octanol–water partition coefficient (Wildman–Crippen LogP) is 2.63. The minimum Gasteiger partial charge on any atom is -0.456 e. The predicted molar refractivity (Wildman–Crippen MR) is 128 cm³/mol. The van der Waals surface area contributed by atoms with Gasteiger partial charge in [-0.1, -0.05) is 11.6 Å². The Kier molecular flexibility index (Phi) is 5.87. The smallest absolute Gasteiger partial charge is 0.296 e. The lowest BCUT2D eigenvalue weighted by molar-refractivity contribution is 0.00706. The Morgan fingerprint density at radius 2 is 2.06 bits per heavy atom. The first kappa shape index (κ1) is 23.6. The number of ether oxygens (including phenoxy) is 3. The highest BCUT2D eigenvalue weighted by Gasteiger charge is 2.48. The van der Waals surface area contributed by atoms with Gasteiger partial charge in [0.25, 0.3) is 11.9 Å². The van der Waals surface area contributed by atoms with Crippen LogP contribution in [-0.4, -0.2) is 82.6 Å². The minimum absolute atomic E-state index is 0.0980. The number of rotatable bonds is 5. The zero-order chi connectivity index (χ0) is 25.1. The van der Waals surface area contributed by atoms with E-state index in [-0.39, 0.29) is 43.0 Å². The van der Waals surface area contributed by atoms with E-state index in [0.717, 1.165) is 12.0 Å². The number of H-pyrrole nitrogens is 1. The van der Waals surface area contributed by atoms with Crippen LogP contribution in [0.25, 0.3) is 11.2 Å². The van der Waals surface area contributed by atoms with Crippen molar-refractivity contribution in [2.45, 2.75) is 49.6 Å². The highest BCUT2D eigenvalue weighted by molar-refractivity contribution is 6.31. The molecule has 11 heteroatoms. The second-order valence-corrected chi connectivity index (χ2v) is 10.2. The summed E-state index contributed by atoms with van der Waals surface area (Å²) in [6.45, 7) is 0.505. The summed E-state index contributed by atoms with van der Waals surface area (Å²) in [5.41, 5.74) is 3.52. The molecule has 1 amide bonds. The molecule has 2 saturated heterocycles. The molecule has 0 saturated carbocycles. The van der Waals surface area contributed by atoms with Gasteiger partial charge in [0, 0.05) is 19.7 Å². The molecule has 0 radical (unpaired) electrons. The van der Waals surface area contributed by atoms with Gasteiger partial charge in [-0.05, 0) is 54.5 Å². The number of aliphatic hydroxyl groups excluding tert-OH is 1. The van der Waals surface area contributed by atoms with E-state index in [1.807, 2.05) is 0 Å². The maximum atomic E-state index is 15.1. The molecule has 9 nitrogen and oxygen atoms in total. The molecule has 3 aliphatic rings. The molecule has 3 aromatic rings. The van der Waals surface area contributed by atoms with Crippen LogP contribution in [0.4, 0.5) is 4.39 Å². The topological polar surface area (TPSA) is 110 Å². The van der Waals surface area contributed by atoms with Crippen molar-refractivity contribution in [3.05, 3.63) is 51.4 Å². The number of carbonyl (C=O) groups excluding carboxylic acids is 1. The Bertz CT molecular complexity index is 1350. The van der Waals surface area contributed by atoms with E-state index in [1.54, 1.807) is 26.2 Å². The Morgan fingerprint density at radius 1 is 1.25 bits per heavy atom. The summed E-state index contributed by atoms with van der Waals surface area (Å²) < 4.78 is 32.3. The van der Waals surface area contributed by atoms with Crippen LogP contribution in [-0.2, 0) is 22.3 Å². The summed E-state index contributed by atoms with van der Waals surface area (Å²) >= 11 is 6.56. The number of hydrogen-bond acceptors (Lipinski definition) is 7. The fourth-order valence-electron chi connectivity index (χ4n) is 5.45. The first-order valence-electron chi connectivity index (χ1n) is 12.0. The monoisotopic (exact) mass is 516 g/mol. The van der Waals surface area contributed by atoms with Gasteiger partial charge in [0.2, 0.25) is 0 Å². The van der Waals surface area contributed by atoms with Crippen molar-refractivity contribution in [1.29, 1.82) is 0 Å². The van der Waals surface area contributed by atoms with Gasteiger partial charge < -0.3 is 29.2 Å². The van der Waals surface area contributed by atoms with Crippen molar-refractivity contribution in [2.24, 2.45) is 0 Å². The molecule has 2 aromatic heterocycles. The Morgan fingerprint density at radius 3 is 2.86 bits per heavy atom. The van der Waals surface area contributed by atoms with Crippen molar-refractivity contribution in [3.8, 4) is 6.01 Å². The summed E-state index contributed by atoms with van der Waals surface area (Å²) in [6.07, 6.45) is 0.0738. The van der Waals surface area contributed by atoms with E-state index in [0.29, 0.717) is 45.8 Å². The number of fused-ring (bicyclic) bond motifs is 3. The average Bonchev–Trinajstić information content (AvgIpc) is 3.60. The van der Waals surface area contributed by atoms with Crippen LogP contribution in [0.1, 0.15) is 39.5 Å². The fraction of sp³-hybridized carbons (Fsp3) is 0.480. The lowest BCUT2D eigenvalue weighted by Gasteiger charge is -2.15. The fourth-order valence-corrected chi connectivity index (χ4v) is 5.68. The van der Waals surface area contributed by atoms with Crippen molar-refractivity contribution in [1.82, 2.24) is 19.9 Å². The van der Waals surface area contributed by atoms with E-state index < -0.39 is 18.3 Å². The summed E-state index contributed by atoms with van der Waals surface area (Å²) in [4.78, 5) is 25.9. The molecule has 4 heterocycles. The number of nitrogens with one attached hydrogen (secondary N) is 1. The zero-order valence-electron chi connectivity index (χ0n) is 19.8. The number of pyridine rings is 1. The molecule has 1 aliphatic carbocycles. The standard InChI is InChI=1S/C25H26ClFN4O5/c1-31(2)24(33)13-5-11-3-4-12(20(11)15(27)6-13)7-16-14(26)8-17-23(28-16)30-25(29-17)36-19-10-35-21-18(32)9-34-22(19)21/h5-6,8,12,18-19,21-22,32H,3-4,7,9-10H2,1-2H3,(H,28,29,30)/t12-,18+,19+,21+,22+/m0/s1. The normalized spacial score (nSPS) is 26.9. The lowest BCUT2D eigenvalue weighted by atomic mass is 9.94. The Labute approximate surface area is 211 Å². The number of amides is 1. The molecule has 2 aliphatic heterocycles. The summed E-state index contributed by atoms with van der Waals surface area (Å²) in [5.74, 6) is -0.689. The van der Waals surface area contributed by atoms with Gasteiger partial charge in [-0.15, -0.1) is 0 Å². The van der Waals surface area contributed by atoms with Crippen LogP contribution in [0.15, 0.2) is 18.2 Å². The number of halogens is 2. The third-order valence-electron chi connectivity index (χ3n) is 7.20. The molecular formula is C25H26ClFN4O5. The van der Waals surface area contributed by atoms with Gasteiger partial charge in [-0.2, -0.15) is 4.98 Å². The van der Waals surface area contributed by atoms with Gasteiger partial charge in [-0.25, -0.2) is 9.37 Å². The highest BCUT2D eigenvalue weighted by atomic mass is 35.5. The van der Waals surface area contributed by atoms with Crippen molar-refractivity contribution < 1.29 is 28.5 Å². The number of aromatic amines is 1. The van der Waals surface area contributed by atoms with Gasteiger partial charge in [0.05, 0.1) is 29.4 Å². The molecule has 0 unspecified atom stereocenters. The molecule has 0 bridgehead atoms.